The number of esters is 1. The van der Waals surface area contributed by atoms with Gasteiger partial charge >= 0.3 is 5.97 Å². The van der Waals surface area contributed by atoms with Crippen molar-refractivity contribution in [3.63, 3.8) is 0 Å². The number of carbonyl (C=O) groups is 3. The van der Waals surface area contributed by atoms with Crippen molar-refractivity contribution in [3.8, 4) is 0 Å². The number of rotatable bonds is 6. The molecule has 0 radical (unpaired) electrons. The van der Waals surface area contributed by atoms with Crippen LogP contribution in [0, 0.1) is 0 Å². The molecule has 1 unspecified atom stereocenters. The lowest BCUT2D eigenvalue weighted by molar-refractivity contribution is -0.143. The van der Waals surface area contributed by atoms with Crippen LogP contribution in [0.3, 0.4) is 0 Å². The fourth-order valence-electron chi connectivity index (χ4n) is 1.92. The van der Waals surface area contributed by atoms with E-state index in [1.165, 1.54) is 28.0 Å². The number of ether oxygens (including phenoxy) is 1. The van der Waals surface area contributed by atoms with Crippen LogP contribution in [0.5, 0.6) is 0 Å². The molecular weight excluding hydrogens is 392 g/mol. The summed E-state index contributed by atoms with van der Waals surface area (Å²) in [5, 5.41) is 2.31. The Morgan fingerprint density at radius 2 is 2.27 bits per heavy atom. The molecule has 1 aromatic rings. The van der Waals surface area contributed by atoms with Gasteiger partial charge in [-0.2, -0.15) is 0 Å². The van der Waals surface area contributed by atoms with E-state index in [-0.39, 0.29) is 36.9 Å². The van der Waals surface area contributed by atoms with Crippen molar-refractivity contribution in [1.29, 1.82) is 0 Å². The van der Waals surface area contributed by atoms with Gasteiger partial charge in [-0.15, -0.1) is 23.1 Å². The summed E-state index contributed by atoms with van der Waals surface area (Å²) in [6.07, 6.45) is 0. The van der Waals surface area contributed by atoms with E-state index < -0.39 is 5.97 Å². The van der Waals surface area contributed by atoms with Crippen LogP contribution in [-0.2, 0) is 19.1 Å². The Kier molecular flexibility index (Phi) is 6.27. The SMILES string of the molecule is CCOC(=O)CNC(=O)CN1C(=O)CSC1c1ccc(Br)s1. The lowest BCUT2D eigenvalue weighted by Crippen LogP contribution is -2.41. The third-order valence-corrected chi connectivity index (χ3v) is 5.92. The number of nitrogens with zero attached hydrogens (tertiary/aromatic N) is 1. The zero-order chi connectivity index (χ0) is 16.1. The third kappa shape index (κ3) is 4.47. The van der Waals surface area contributed by atoms with Gasteiger partial charge in [-0.05, 0) is 35.0 Å². The van der Waals surface area contributed by atoms with Gasteiger partial charge < -0.3 is 15.0 Å². The Bertz CT molecular complexity index is 578. The fraction of sp³-hybridized carbons (Fsp3) is 0.462. The molecule has 0 saturated carbocycles. The van der Waals surface area contributed by atoms with E-state index in [4.69, 9.17) is 4.74 Å². The second-order valence-electron chi connectivity index (χ2n) is 4.41. The number of carbonyl (C=O) groups excluding carboxylic acids is 3. The minimum atomic E-state index is -0.489. The first-order chi connectivity index (χ1) is 10.5. The van der Waals surface area contributed by atoms with Gasteiger partial charge in [0.05, 0.1) is 16.1 Å². The van der Waals surface area contributed by atoms with Gasteiger partial charge in [0.25, 0.3) is 0 Å². The largest absolute Gasteiger partial charge is 0.465 e. The van der Waals surface area contributed by atoms with Gasteiger partial charge in [0.2, 0.25) is 11.8 Å². The lowest BCUT2D eigenvalue weighted by Gasteiger charge is -2.22. The first kappa shape index (κ1) is 17.3. The van der Waals surface area contributed by atoms with Crippen LogP contribution in [0.25, 0.3) is 0 Å². The predicted octanol–water partition coefficient (Wildman–Crippen LogP) is 1.76. The Hall–Kier alpha value is -1.06. The van der Waals surface area contributed by atoms with Crippen molar-refractivity contribution >= 4 is 56.8 Å². The number of thiophene rings is 1. The van der Waals surface area contributed by atoms with Crippen LogP contribution in [0.2, 0.25) is 0 Å². The molecule has 0 aromatic carbocycles. The molecule has 2 heterocycles. The van der Waals surface area contributed by atoms with E-state index in [1.807, 2.05) is 12.1 Å². The van der Waals surface area contributed by atoms with E-state index in [1.54, 1.807) is 6.92 Å². The first-order valence-electron chi connectivity index (χ1n) is 6.60. The number of hydrogen-bond acceptors (Lipinski definition) is 6. The molecule has 0 spiro atoms. The van der Waals surface area contributed by atoms with Crippen LogP contribution in [0.1, 0.15) is 17.2 Å². The van der Waals surface area contributed by atoms with Crippen LogP contribution < -0.4 is 5.32 Å². The number of halogens is 1. The number of thioether (sulfide) groups is 1. The summed E-state index contributed by atoms with van der Waals surface area (Å²) >= 11 is 6.43. The molecule has 0 bridgehead atoms. The molecule has 22 heavy (non-hydrogen) atoms. The zero-order valence-electron chi connectivity index (χ0n) is 11.8. The smallest absolute Gasteiger partial charge is 0.325 e. The molecule has 1 fully saturated rings. The molecule has 1 aliphatic rings. The Morgan fingerprint density at radius 3 is 2.91 bits per heavy atom. The van der Waals surface area contributed by atoms with Crippen LogP contribution in [-0.4, -0.2) is 48.1 Å². The van der Waals surface area contributed by atoms with Gasteiger partial charge in [-0.1, -0.05) is 0 Å². The summed E-state index contributed by atoms with van der Waals surface area (Å²) in [6, 6.07) is 3.86. The molecule has 2 amide bonds. The molecule has 9 heteroatoms. The van der Waals surface area contributed by atoms with E-state index in [0.29, 0.717) is 5.75 Å². The van der Waals surface area contributed by atoms with Crippen molar-refractivity contribution in [2.45, 2.75) is 12.3 Å². The summed E-state index contributed by atoms with van der Waals surface area (Å²) in [4.78, 5) is 37.6. The maximum absolute atomic E-state index is 12.0. The highest BCUT2D eigenvalue weighted by molar-refractivity contribution is 9.11. The van der Waals surface area contributed by atoms with Crippen LogP contribution in [0.4, 0.5) is 0 Å². The van der Waals surface area contributed by atoms with Crippen molar-refractivity contribution in [1.82, 2.24) is 10.2 Å². The number of hydrogen-bond donors (Lipinski definition) is 1. The van der Waals surface area contributed by atoms with Gasteiger partial charge in [0, 0.05) is 4.88 Å². The standard InChI is InChI=1S/C13H15BrN2O4S2/c1-2-20-12(19)5-15-10(17)6-16-11(18)7-21-13(16)8-3-4-9(14)22-8/h3-4,13H,2,5-7H2,1H3,(H,15,17). The summed E-state index contributed by atoms with van der Waals surface area (Å²) in [6.45, 7) is 1.72. The third-order valence-electron chi connectivity index (χ3n) is 2.85. The lowest BCUT2D eigenvalue weighted by atomic mass is 10.3. The van der Waals surface area contributed by atoms with Crippen LogP contribution >= 0.6 is 39.0 Å². The highest BCUT2D eigenvalue weighted by Crippen LogP contribution is 2.42. The molecule has 6 nitrogen and oxygen atoms in total. The molecule has 1 aliphatic heterocycles. The van der Waals surface area contributed by atoms with Gasteiger partial charge in [-0.3, -0.25) is 14.4 Å². The van der Waals surface area contributed by atoms with Gasteiger partial charge in [0.1, 0.15) is 18.5 Å². The molecule has 1 saturated heterocycles. The number of amides is 2. The quantitative estimate of drug-likeness (QED) is 0.728. The normalized spacial score (nSPS) is 17.6. The average molecular weight is 407 g/mol. The van der Waals surface area contributed by atoms with Crippen molar-refractivity contribution in [2.75, 3.05) is 25.4 Å². The summed E-state index contributed by atoms with van der Waals surface area (Å²) in [5.41, 5.74) is 0. The zero-order valence-corrected chi connectivity index (χ0v) is 15.1. The highest BCUT2D eigenvalue weighted by atomic mass is 79.9. The maximum Gasteiger partial charge on any atom is 0.325 e. The van der Waals surface area contributed by atoms with Crippen molar-refractivity contribution in [3.05, 3.63) is 20.8 Å². The van der Waals surface area contributed by atoms with Gasteiger partial charge in [0.15, 0.2) is 0 Å². The molecule has 2 rings (SSSR count). The predicted molar refractivity (Wildman–Crippen MR) is 88.6 cm³/mol. The molecule has 0 aliphatic carbocycles. The summed E-state index contributed by atoms with van der Waals surface area (Å²) in [7, 11) is 0. The second kappa shape index (κ2) is 7.98. The minimum Gasteiger partial charge on any atom is -0.465 e. The van der Waals surface area contributed by atoms with E-state index >= 15 is 0 Å². The minimum absolute atomic E-state index is 0.0641. The van der Waals surface area contributed by atoms with Crippen molar-refractivity contribution in [2.24, 2.45) is 0 Å². The van der Waals surface area contributed by atoms with Crippen LogP contribution in [0.15, 0.2) is 15.9 Å². The van der Waals surface area contributed by atoms with E-state index in [2.05, 4.69) is 21.2 Å². The monoisotopic (exact) mass is 406 g/mol. The average Bonchev–Trinajstić information content (AvgIpc) is 3.04. The Morgan fingerprint density at radius 1 is 1.50 bits per heavy atom. The molecule has 1 atom stereocenters. The summed E-state index contributed by atoms with van der Waals surface area (Å²) < 4.78 is 5.72. The summed E-state index contributed by atoms with van der Waals surface area (Å²) in [5.74, 6) is -0.585. The molecular formula is C13H15BrN2O4S2. The topological polar surface area (TPSA) is 75.7 Å². The Labute approximate surface area is 144 Å². The second-order valence-corrected chi connectivity index (χ2v) is 7.97. The maximum atomic E-state index is 12.0. The molecule has 120 valence electrons. The van der Waals surface area contributed by atoms with Crippen molar-refractivity contribution < 1.29 is 19.1 Å². The van der Waals surface area contributed by atoms with E-state index in [0.717, 1.165) is 8.66 Å². The van der Waals surface area contributed by atoms with Gasteiger partial charge in [-0.25, -0.2) is 0 Å². The fourth-order valence-corrected chi connectivity index (χ4v) is 4.76. The Balaban J connectivity index is 1.92. The molecule has 1 N–H and O–H groups in total. The number of nitrogens with one attached hydrogen (secondary N) is 1. The van der Waals surface area contributed by atoms with E-state index in [9.17, 15) is 14.4 Å². The first-order valence-corrected chi connectivity index (χ1v) is 9.25. The molecule has 1 aromatic heterocycles. The highest BCUT2D eigenvalue weighted by Gasteiger charge is 2.34.